The zero-order valence-electron chi connectivity index (χ0n) is 22.7. The van der Waals surface area contributed by atoms with E-state index in [0.29, 0.717) is 0 Å². The summed E-state index contributed by atoms with van der Waals surface area (Å²) >= 11 is 1.90. The topological polar surface area (TPSA) is 0 Å². The van der Waals surface area contributed by atoms with Gasteiger partial charge in [-0.15, -0.1) is 0 Å². The molecule has 7 aromatic carbocycles. The number of rotatable bonds is 2. The third kappa shape index (κ3) is 3.18. The van der Waals surface area contributed by atoms with Crippen molar-refractivity contribution in [1.29, 1.82) is 0 Å². The van der Waals surface area contributed by atoms with Gasteiger partial charge in [-0.1, -0.05) is 133 Å². The van der Waals surface area contributed by atoms with Crippen molar-refractivity contribution in [1.82, 2.24) is 0 Å². The van der Waals surface area contributed by atoms with E-state index in [9.17, 15) is 0 Å². The van der Waals surface area contributed by atoms with E-state index >= 15 is 0 Å². The van der Waals surface area contributed by atoms with Gasteiger partial charge in [0, 0.05) is 20.6 Å². The van der Waals surface area contributed by atoms with Crippen LogP contribution in [0.25, 0.3) is 54.9 Å². The molecule has 7 aromatic rings. The lowest BCUT2D eigenvalue weighted by Crippen LogP contribution is -2.22. The summed E-state index contributed by atoms with van der Waals surface area (Å²) in [6.07, 6.45) is 0. The van der Waals surface area contributed by atoms with Crippen LogP contribution in [0.3, 0.4) is 0 Å². The average Bonchev–Trinajstić information content (AvgIpc) is 3.30. The molecule has 9 rings (SSSR count). The van der Waals surface area contributed by atoms with Gasteiger partial charge in [0.25, 0.3) is 0 Å². The van der Waals surface area contributed by atoms with Crippen LogP contribution in [0, 0.1) is 0 Å². The second-order valence-electron chi connectivity index (χ2n) is 11.4. The Kier molecular flexibility index (Phi) is 4.77. The van der Waals surface area contributed by atoms with Crippen LogP contribution in [0.4, 0.5) is 0 Å². The molecule has 0 N–H and O–H groups in total. The Labute approximate surface area is 244 Å². The molecule has 1 heteroatoms. The van der Waals surface area contributed by atoms with Gasteiger partial charge in [0.15, 0.2) is 0 Å². The monoisotopic (exact) mass is 538 g/mol. The van der Waals surface area contributed by atoms with E-state index in [1.807, 2.05) is 11.8 Å². The van der Waals surface area contributed by atoms with Crippen molar-refractivity contribution >= 4 is 33.3 Å². The third-order valence-electron chi connectivity index (χ3n) is 9.32. The maximum absolute atomic E-state index is 2.46. The molecule has 1 atom stereocenters. The standard InChI is InChI=1S/C40H26S/c1-40(29-12-3-2-4-13-29)35-23-27(18-20-31(35)34-22-17-25-9-5-6-14-30(25)39(34)40)28-19-21-32-33-15-7-10-26-11-8-16-36(38(26)33)41-37(32)24-28/h2-24H,1H3. The molecular formula is C40H26S. The number of hydrogen-bond acceptors (Lipinski definition) is 1. The molecule has 0 amide bonds. The zero-order chi connectivity index (χ0) is 27.1. The normalized spacial score (nSPS) is 16.4. The lowest BCUT2D eigenvalue weighted by atomic mass is 9.72. The summed E-state index contributed by atoms with van der Waals surface area (Å²) in [5.41, 5.74) is 11.8. The van der Waals surface area contributed by atoms with Gasteiger partial charge < -0.3 is 0 Å². The summed E-state index contributed by atoms with van der Waals surface area (Å²) in [4.78, 5) is 2.67. The minimum atomic E-state index is -0.250. The number of hydrogen-bond donors (Lipinski definition) is 0. The minimum Gasteiger partial charge on any atom is -0.0888 e. The van der Waals surface area contributed by atoms with Crippen molar-refractivity contribution in [2.45, 2.75) is 22.1 Å². The molecule has 2 aliphatic rings. The lowest BCUT2D eigenvalue weighted by Gasteiger charge is -2.30. The predicted molar refractivity (Wildman–Crippen MR) is 174 cm³/mol. The van der Waals surface area contributed by atoms with Crippen molar-refractivity contribution in [3.63, 3.8) is 0 Å². The van der Waals surface area contributed by atoms with Gasteiger partial charge in [0.1, 0.15) is 0 Å². The molecule has 0 nitrogen and oxygen atoms in total. The Hall–Kier alpha value is -4.59. The molecule has 41 heavy (non-hydrogen) atoms. The Morgan fingerprint density at radius 1 is 0.488 bits per heavy atom. The van der Waals surface area contributed by atoms with Crippen LogP contribution in [-0.2, 0) is 5.41 Å². The molecule has 1 heterocycles. The zero-order valence-corrected chi connectivity index (χ0v) is 23.5. The Balaban J connectivity index is 1.24. The van der Waals surface area contributed by atoms with Crippen LogP contribution >= 0.6 is 11.8 Å². The third-order valence-corrected chi connectivity index (χ3v) is 10.4. The quantitative estimate of drug-likeness (QED) is 0.211. The van der Waals surface area contributed by atoms with Crippen LogP contribution in [0.1, 0.15) is 23.6 Å². The van der Waals surface area contributed by atoms with Gasteiger partial charge >= 0.3 is 0 Å². The molecule has 0 spiro atoms. The van der Waals surface area contributed by atoms with Crippen molar-refractivity contribution in [2.24, 2.45) is 0 Å². The van der Waals surface area contributed by atoms with Crippen LogP contribution in [0.5, 0.6) is 0 Å². The summed E-state index contributed by atoms with van der Waals surface area (Å²) in [6, 6.07) is 52.0. The van der Waals surface area contributed by atoms with Gasteiger partial charge in [-0.25, -0.2) is 0 Å². The minimum absolute atomic E-state index is 0.250. The van der Waals surface area contributed by atoms with E-state index < -0.39 is 0 Å². The first-order valence-electron chi connectivity index (χ1n) is 14.3. The first-order chi connectivity index (χ1) is 20.2. The van der Waals surface area contributed by atoms with E-state index in [1.54, 1.807) is 0 Å². The SMILES string of the molecule is CC1(c2ccccc2)c2cc(-c3ccc4c(c3)Sc3cccc5cccc-4c35)ccc2-c2ccc3ccccc3c21. The van der Waals surface area contributed by atoms with Gasteiger partial charge in [0.05, 0.1) is 0 Å². The van der Waals surface area contributed by atoms with E-state index in [0.717, 1.165) is 0 Å². The highest BCUT2D eigenvalue weighted by Crippen LogP contribution is 2.56. The highest BCUT2D eigenvalue weighted by Gasteiger charge is 2.42. The largest absolute Gasteiger partial charge is 0.0888 e. The maximum Gasteiger partial charge on any atom is 0.0441 e. The van der Waals surface area contributed by atoms with Crippen LogP contribution in [0.2, 0.25) is 0 Å². The van der Waals surface area contributed by atoms with E-state index in [-0.39, 0.29) is 5.41 Å². The van der Waals surface area contributed by atoms with Gasteiger partial charge in [-0.3, -0.25) is 0 Å². The second kappa shape index (κ2) is 8.46. The van der Waals surface area contributed by atoms with Gasteiger partial charge in [-0.05, 0) is 91.4 Å². The second-order valence-corrected chi connectivity index (χ2v) is 12.5. The fourth-order valence-corrected chi connectivity index (χ4v) is 8.54. The summed E-state index contributed by atoms with van der Waals surface area (Å²) in [7, 11) is 0. The molecular weight excluding hydrogens is 513 g/mol. The summed E-state index contributed by atoms with van der Waals surface area (Å²) in [6.45, 7) is 2.42. The fraction of sp³-hybridized carbons (Fsp3) is 0.0500. The smallest absolute Gasteiger partial charge is 0.0441 e. The van der Waals surface area contributed by atoms with Gasteiger partial charge in [0.2, 0.25) is 0 Å². The molecule has 1 aliphatic carbocycles. The van der Waals surface area contributed by atoms with E-state index in [2.05, 4.69) is 146 Å². The molecule has 0 saturated carbocycles. The predicted octanol–water partition coefficient (Wildman–Crippen LogP) is 11.1. The molecule has 1 unspecified atom stereocenters. The fourth-order valence-electron chi connectivity index (χ4n) is 7.36. The molecule has 0 saturated heterocycles. The van der Waals surface area contributed by atoms with Crippen molar-refractivity contribution < 1.29 is 0 Å². The van der Waals surface area contributed by atoms with Crippen LogP contribution in [0.15, 0.2) is 149 Å². The summed E-state index contributed by atoms with van der Waals surface area (Å²) < 4.78 is 0. The molecule has 0 radical (unpaired) electrons. The summed E-state index contributed by atoms with van der Waals surface area (Å²) in [5, 5.41) is 5.32. The van der Waals surface area contributed by atoms with E-state index in [4.69, 9.17) is 0 Å². The average molecular weight is 539 g/mol. The molecule has 192 valence electrons. The van der Waals surface area contributed by atoms with Crippen LogP contribution in [-0.4, -0.2) is 0 Å². The molecule has 0 fully saturated rings. The van der Waals surface area contributed by atoms with Crippen molar-refractivity contribution in [3.8, 4) is 33.4 Å². The number of benzene rings is 7. The first kappa shape index (κ1) is 23.1. The molecule has 0 bridgehead atoms. The maximum atomic E-state index is 2.46. The Morgan fingerprint density at radius 3 is 2.07 bits per heavy atom. The Morgan fingerprint density at radius 2 is 1.20 bits per heavy atom. The molecule has 1 aliphatic heterocycles. The first-order valence-corrected chi connectivity index (χ1v) is 15.1. The number of fused-ring (bicyclic) bond motifs is 7. The van der Waals surface area contributed by atoms with Crippen molar-refractivity contribution in [2.75, 3.05) is 0 Å². The molecule has 0 aromatic heterocycles. The van der Waals surface area contributed by atoms with Crippen molar-refractivity contribution in [3.05, 3.63) is 156 Å². The van der Waals surface area contributed by atoms with Crippen LogP contribution < -0.4 is 0 Å². The highest BCUT2D eigenvalue weighted by atomic mass is 32.2. The Bertz CT molecular complexity index is 2180. The highest BCUT2D eigenvalue weighted by molar-refractivity contribution is 7.99. The van der Waals surface area contributed by atoms with Gasteiger partial charge in [-0.2, -0.15) is 0 Å². The summed E-state index contributed by atoms with van der Waals surface area (Å²) in [5.74, 6) is 0. The van der Waals surface area contributed by atoms with E-state index in [1.165, 1.54) is 81.4 Å². The lowest BCUT2D eigenvalue weighted by molar-refractivity contribution is 0.720.